The summed E-state index contributed by atoms with van der Waals surface area (Å²) in [4.78, 5) is 54.7. The van der Waals surface area contributed by atoms with Crippen LogP contribution in [0.4, 0.5) is 4.79 Å². The van der Waals surface area contributed by atoms with Gasteiger partial charge in [-0.1, -0.05) is 30.3 Å². The summed E-state index contributed by atoms with van der Waals surface area (Å²) in [5.41, 5.74) is 0.149. The van der Waals surface area contributed by atoms with E-state index in [9.17, 15) is 14.4 Å². The van der Waals surface area contributed by atoms with Crippen LogP contribution in [-0.2, 0) is 25.6 Å². The van der Waals surface area contributed by atoms with E-state index in [0.29, 0.717) is 17.1 Å². The molecule has 0 spiro atoms. The summed E-state index contributed by atoms with van der Waals surface area (Å²) in [5, 5.41) is 5.38. The molecule has 2 heterocycles. The first-order valence-corrected chi connectivity index (χ1v) is 14.4. The van der Waals surface area contributed by atoms with Crippen molar-refractivity contribution < 1.29 is 33.3 Å². The second-order valence-corrected chi connectivity index (χ2v) is 12.0. The van der Waals surface area contributed by atoms with Gasteiger partial charge in [-0.15, -0.1) is 0 Å². The van der Waals surface area contributed by atoms with E-state index in [1.165, 1.54) is 31.9 Å². The molecule has 0 aliphatic carbocycles. The number of methoxy groups -OCH3 is 1. The zero-order valence-electron chi connectivity index (χ0n) is 26.7. The molecule has 2 aromatic heterocycles. The summed E-state index contributed by atoms with van der Waals surface area (Å²) in [6.07, 6.45) is 2.93. The van der Waals surface area contributed by atoms with Crippen LogP contribution in [-0.4, -0.2) is 76.6 Å². The average molecular weight is 623 g/mol. The zero-order valence-corrected chi connectivity index (χ0v) is 26.7. The summed E-state index contributed by atoms with van der Waals surface area (Å²) in [7, 11) is 1.46. The monoisotopic (exact) mass is 622 g/mol. The van der Waals surface area contributed by atoms with Crippen LogP contribution in [0, 0.1) is 0 Å². The maximum absolute atomic E-state index is 13.6. The number of nitrogens with one attached hydrogen (secondary N) is 3. The van der Waals surface area contributed by atoms with Crippen molar-refractivity contribution in [2.45, 2.75) is 71.5 Å². The largest absolute Gasteiger partial charge is 0.497 e. The SMILES string of the molecule is COc1cc(C=NCCNC(=O)OCc2ccccc2)nc(C(=O)N[C@H](C(=O)OC(C)(C)C)[C@@H](OC(C)(C)C)c2cnc[nH]2)c1. The number of esters is 1. The molecule has 3 rings (SSSR count). The fraction of sp³-hybridized carbons (Fsp3) is 0.438. The number of aliphatic imine (C=N–C) groups is 1. The van der Waals surface area contributed by atoms with E-state index in [0.717, 1.165) is 5.56 Å². The highest BCUT2D eigenvalue weighted by Crippen LogP contribution is 2.28. The van der Waals surface area contributed by atoms with Crippen molar-refractivity contribution in [1.29, 1.82) is 0 Å². The van der Waals surface area contributed by atoms with Crippen molar-refractivity contribution in [2.75, 3.05) is 20.2 Å². The molecule has 3 N–H and O–H groups in total. The number of pyridine rings is 1. The van der Waals surface area contributed by atoms with Gasteiger partial charge in [-0.3, -0.25) is 9.79 Å². The lowest BCUT2D eigenvalue weighted by Crippen LogP contribution is -2.50. The van der Waals surface area contributed by atoms with Crippen LogP contribution in [0.1, 0.15) is 75.1 Å². The Morgan fingerprint density at radius 3 is 2.40 bits per heavy atom. The number of benzene rings is 1. The first kappa shape index (κ1) is 34.7. The van der Waals surface area contributed by atoms with Crippen LogP contribution < -0.4 is 15.4 Å². The fourth-order valence-corrected chi connectivity index (χ4v) is 3.93. The standard InChI is InChI=1S/C32H42N6O7/c1-31(2,3)44-27(25-18-34-20-36-25)26(29(40)45-32(4,5)6)38-28(39)24-16-23(42-7)15-22(37-24)17-33-13-14-35-30(41)43-19-21-11-9-8-10-12-21/h8-12,15-18,20,26-27H,13-14,19H2,1-7H3,(H,34,36)(H,35,41)(H,38,39)/t26-,27-/m0/s1. The van der Waals surface area contributed by atoms with E-state index in [1.54, 1.807) is 26.8 Å². The number of carbonyl (C=O) groups excluding carboxylic acids is 3. The average Bonchev–Trinajstić information content (AvgIpc) is 3.51. The van der Waals surface area contributed by atoms with Gasteiger partial charge in [0.05, 0.1) is 43.2 Å². The summed E-state index contributed by atoms with van der Waals surface area (Å²) in [5.74, 6) is -1.01. The Balaban J connectivity index is 1.72. The number of ether oxygens (including phenoxy) is 4. The van der Waals surface area contributed by atoms with Gasteiger partial charge in [-0.2, -0.15) is 0 Å². The van der Waals surface area contributed by atoms with Gasteiger partial charge < -0.3 is 34.6 Å². The number of imidazole rings is 1. The van der Waals surface area contributed by atoms with Crippen LogP contribution in [0.3, 0.4) is 0 Å². The van der Waals surface area contributed by atoms with E-state index in [-0.39, 0.29) is 25.4 Å². The van der Waals surface area contributed by atoms with Gasteiger partial charge in [-0.05, 0) is 47.1 Å². The molecule has 13 heteroatoms. The first-order valence-electron chi connectivity index (χ1n) is 14.4. The molecule has 0 unspecified atom stereocenters. The third-order valence-corrected chi connectivity index (χ3v) is 5.79. The molecular weight excluding hydrogens is 580 g/mol. The summed E-state index contributed by atoms with van der Waals surface area (Å²) in [6, 6.07) is 11.1. The third kappa shape index (κ3) is 12.0. The molecule has 45 heavy (non-hydrogen) atoms. The molecular formula is C32H42N6O7. The predicted molar refractivity (Wildman–Crippen MR) is 167 cm³/mol. The molecule has 13 nitrogen and oxygen atoms in total. The van der Waals surface area contributed by atoms with Crippen molar-refractivity contribution in [3.05, 3.63) is 77.6 Å². The van der Waals surface area contributed by atoms with Gasteiger partial charge in [-0.25, -0.2) is 19.6 Å². The maximum atomic E-state index is 13.6. The number of aromatic amines is 1. The molecule has 3 aromatic rings. The van der Waals surface area contributed by atoms with Gasteiger partial charge in [0.2, 0.25) is 0 Å². The van der Waals surface area contributed by atoms with E-state index in [1.807, 2.05) is 51.1 Å². The van der Waals surface area contributed by atoms with Crippen molar-refractivity contribution in [2.24, 2.45) is 4.99 Å². The Morgan fingerprint density at radius 2 is 1.78 bits per heavy atom. The lowest BCUT2D eigenvalue weighted by molar-refractivity contribution is -0.165. The molecule has 2 amide bonds. The molecule has 0 radical (unpaired) electrons. The molecule has 0 bridgehead atoms. The number of amides is 2. The van der Waals surface area contributed by atoms with Gasteiger partial charge in [0.25, 0.3) is 5.91 Å². The minimum atomic E-state index is -1.26. The first-order chi connectivity index (χ1) is 21.2. The number of carbonyl (C=O) groups is 3. The maximum Gasteiger partial charge on any atom is 0.407 e. The number of alkyl carbamates (subject to hydrolysis) is 1. The number of nitrogens with zero attached hydrogens (tertiary/aromatic N) is 3. The normalized spacial score (nSPS) is 13.1. The zero-order chi connectivity index (χ0) is 33.0. The molecule has 0 aliphatic heterocycles. The molecule has 0 fully saturated rings. The topological polar surface area (TPSA) is 166 Å². The minimum absolute atomic E-state index is 0.0221. The summed E-state index contributed by atoms with van der Waals surface area (Å²) in [6.45, 7) is 11.3. The second-order valence-electron chi connectivity index (χ2n) is 12.0. The lowest BCUT2D eigenvalue weighted by Gasteiger charge is -2.33. The molecule has 0 saturated heterocycles. The highest BCUT2D eigenvalue weighted by molar-refractivity contribution is 5.96. The van der Waals surface area contributed by atoms with Gasteiger partial charge in [0, 0.05) is 24.9 Å². The van der Waals surface area contributed by atoms with Gasteiger partial charge >= 0.3 is 12.1 Å². The van der Waals surface area contributed by atoms with E-state index in [4.69, 9.17) is 18.9 Å². The summed E-state index contributed by atoms with van der Waals surface area (Å²) >= 11 is 0. The third-order valence-electron chi connectivity index (χ3n) is 5.79. The number of rotatable bonds is 13. The van der Waals surface area contributed by atoms with Crippen molar-refractivity contribution in [3.8, 4) is 5.75 Å². The van der Waals surface area contributed by atoms with E-state index in [2.05, 4.69) is 30.6 Å². The Kier molecular flexibility index (Phi) is 12.2. The quantitative estimate of drug-likeness (QED) is 0.144. The molecule has 242 valence electrons. The highest BCUT2D eigenvalue weighted by Gasteiger charge is 2.39. The van der Waals surface area contributed by atoms with Crippen LogP contribution >= 0.6 is 0 Å². The highest BCUT2D eigenvalue weighted by atomic mass is 16.6. The number of hydrogen-bond acceptors (Lipinski definition) is 10. The van der Waals surface area contributed by atoms with Crippen LogP contribution in [0.2, 0.25) is 0 Å². The van der Waals surface area contributed by atoms with Gasteiger partial charge in [0.15, 0.2) is 6.04 Å². The predicted octanol–water partition coefficient (Wildman–Crippen LogP) is 4.16. The van der Waals surface area contributed by atoms with Crippen molar-refractivity contribution in [1.82, 2.24) is 25.6 Å². The number of hydrogen-bond donors (Lipinski definition) is 3. The Labute approximate surface area is 263 Å². The second kappa shape index (κ2) is 15.8. The van der Waals surface area contributed by atoms with E-state index < -0.39 is 41.3 Å². The van der Waals surface area contributed by atoms with Crippen molar-refractivity contribution in [3.63, 3.8) is 0 Å². The van der Waals surface area contributed by atoms with Crippen LogP contribution in [0.15, 0.2) is 60.0 Å². The fourth-order valence-electron chi connectivity index (χ4n) is 3.93. The molecule has 0 aliphatic rings. The summed E-state index contributed by atoms with van der Waals surface area (Å²) < 4.78 is 22.4. The van der Waals surface area contributed by atoms with Gasteiger partial charge in [0.1, 0.15) is 29.8 Å². The van der Waals surface area contributed by atoms with E-state index >= 15 is 0 Å². The van der Waals surface area contributed by atoms with Crippen molar-refractivity contribution >= 4 is 24.2 Å². The molecule has 1 aromatic carbocycles. The number of H-pyrrole nitrogens is 1. The number of aromatic nitrogens is 3. The Hall–Kier alpha value is -4.78. The minimum Gasteiger partial charge on any atom is -0.497 e. The molecule has 0 saturated carbocycles. The Bertz CT molecular complexity index is 1430. The smallest absolute Gasteiger partial charge is 0.407 e. The van der Waals surface area contributed by atoms with Crippen LogP contribution in [0.5, 0.6) is 5.75 Å². The lowest BCUT2D eigenvalue weighted by atomic mass is 10.0. The molecule has 2 atom stereocenters. The Morgan fingerprint density at radius 1 is 1.04 bits per heavy atom. The van der Waals surface area contributed by atoms with Crippen LogP contribution in [0.25, 0.3) is 0 Å².